The molecule has 0 rings (SSSR count). The Morgan fingerprint density at radius 1 is 0.484 bits per heavy atom. The van der Waals surface area contributed by atoms with E-state index in [1.807, 2.05) is 6.08 Å². The number of aliphatic hydroxyl groups excluding tert-OH is 2. The van der Waals surface area contributed by atoms with Crippen LogP contribution >= 0.6 is 0 Å². The van der Waals surface area contributed by atoms with Gasteiger partial charge in [-0.3, -0.25) is 9.59 Å². The molecule has 6 heteroatoms. The number of carbonyl (C=O) groups excluding carboxylic acids is 2. The zero-order valence-electron chi connectivity index (χ0n) is 40.7. The van der Waals surface area contributed by atoms with E-state index in [1.165, 1.54) is 128 Å². The molecule has 62 heavy (non-hydrogen) atoms. The lowest BCUT2D eigenvalue weighted by molar-refractivity contribution is -0.148. The Hall–Kier alpha value is -2.70. The number of unbranched alkanes of at least 4 members (excludes halogenated alkanes) is 24. The molecule has 0 aliphatic rings. The summed E-state index contributed by atoms with van der Waals surface area (Å²) in [5.41, 5.74) is 0. The summed E-state index contributed by atoms with van der Waals surface area (Å²) in [6.45, 7) is 6.33. The first-order valence-corrected chi connectivity index (χ1v) is 26.2. The van der Waals surface area contributed by atoms with Crippen molar-refractivity contribution in [2.75, 3.05) is 6.61 Å². The van der Waals surface area contributed by atoms with E-state index in [2.05, 4.69) is 86.8 Å². The summed E-state index contributed by atoms with van der Waals surface area (Å²) in [6.07, 6.45) is 62.8. The van der Waals surface area contributed by atoms with Crippen LogP contribution in [-0.4, -0.2) is 46.9 Å². The third-order valence-corrected chi connectivity index (χ3v) is 11.5. The van der Waals surface area contributed by atoms with Gasteiger partial charge in [-0.2, -0.15) is 0 Å². The molecule has 0 radical (unpaired) electrons. The van der Waals surface area contributed by atoms with Crippen LogP contribution in [0.25, 0.3) is 0 Å². The summed E-state index contributed by atoms with van der Waals surface area (Å²) in [7, 11) is 0. The van der Waals surface area contributed by atoms with E-state index < -0.39 is 18.2 Å². The number of aliphatic hydroxyl groups is 2. The fourth-order valence-electron chi connectivity index (χ4n) is 7.60. The van der Waals surface area contributed by atoms with Crippen molar-refractivity contribution >= 4 is 11.9 Å². The highest BCUT2D eigenvalue weighted by Crippen LogP contribution is 2.16. The molecule has 0 fully saturated rings. The van der Waals surface area contributed by atoms with Crippen LogP contribution in [0.5, 0.6) is 0 Å². The largest absolute Gasteiger partial charge is 0.458 e. The minimum absolute atomic E-state index is 0.0472. The summed E-state index contributed by atoms with van der Waals surface area (Å²) in [5.74, 6) is -0.626. The Kier molecular flexibility index (Phi) is 47.2. The summed E-state index contributed by atoms with van der Waals surface area (Å²) in [6, 6.07) is -0.743. The zero-order chi connectivity index (χ0) is 45.2. The Balaban J connectivity index is 4.76. The Morgan fingerprint density at radius 2 is 0.839 bits per heavy atom. The molecular formula is C56H99NO5. The number of esters is 1. The molecule has 358 valence electrons. The van der Waals surface area contributed by atoms with E-state index in [9.17, 15) is 19.8 Å². The van der Waals surface area contributed by atoms with Gasteiger partial charge in [-0.25, -0.2) is 0 Å². The van der Waals surface area contributed by atoms with Gasteiger partial charge in [0, 0.05) is 6.42 Å². The van der Waals surface area contributed by atoms with Crippen molar-refractivity contribution in [3.63, 3.8) is 0 Å². The van der Waals surface area contributed by atoms with Crippen LogP contribution in [-0.2, 0) is 14.3 Å². The summed E-state index contributed by atoms with van der Waals surface area (Å²) >= 11 is 0. The van der Waals surface area contributed by atoms with Crippen LogP contribution < -0.4 is 5.32 Å². The minimum Gasteiger partial charge on any atom is -0.458 e. The van der Waals surface area contributed by atoms with Crippen LogP contribution in [0.2, 0.25) is 0 Å². The molecule has 0 aromatic carbocycles. The number of hydrogen-bond donors (Lipinski definition) is 3. The molecule has 0 aromatic rings. The topological polar surface area (TPSA) is 95.9 Å². The molecule has 0 heterocycles. The van der Waals surface area contributed by atoms with Gasteiger partial charge in [-0.1, -0.05) is 248 Å². The SMILES string of the molecule is CC/C=C\C/C=C\C/C=C\C/C=C\C/C=C\C/C=C\C(CC(=O)NC(CO)C(O)CCCCCCCCCCCCCC)OC(=O)CCCCCCCCCCCCCCCC. The number of carbonyl (C=O) groups is 2. The van der Waals surface area contributed by atoms with Crippen LogP contribution in [0.4, 0.5) is 0 Å². The third-order valence-electron chi connectivity index (χ3n) is 11.5. The van der Waals surface area contributed by atoms with Gasteiger partial charge in [0.1, 0.15) is 6.10 Å². The van der Waals surface area contributed by atoms with Crippen LogP contribution in [0.1, 0.15) is 245 Å². The Bertz CT molecular complexity index is 1150. The first-order valence-electron chi connectivity index (χ1n) is 26.2. The van der Waals surface area contributed by atoms with Gasteiger partial charge < -0.3 is 20.3 Å². The first kappa shape index (κ1) is 59.3. The Morgan fingerprint density at radius 3 is 1.23 bits per heavy atom. The number of nitrogens with one attached hydrogen (secondary N) is 1. The van der Waals surface area contributed by atoms with Crippen molar-refractivity contribution in [2.24, 2.45) is 0 Å². The summed E-state index contributed by atoms with van der Waals surface area (Å²) in [4.78, 5) is 26.1. The molecule has 3 N–H and O–H groups in total. The van der Waals surface area contributed by atoms with Gasteiger partial charge in [-0.15, -0.1) is 0 Å². The highest BCUT2D eigenvalue weighted by Gasteiger charge is 2.23. The molecule has 0 bridgehead atoms. The predicted molar refractivity (Wildman–Crippen MR) is 268 cm³/mol. The second-order valence-electron chi connectivity index (χ2n) is 17.6. The summed E-state index contributed by atoms with van der Waals surface area (Å²) in [5, 5.41) is 23.7. The van der Waals surface area contributed by atoms with Gasteiger partial charge >= 0.3 is 5.97 Å². The average Bonchev–Trinajstić information content (AvgIpc) is 3.26. The molecule has 0 saturated heterocycles. The lowest BCUT2D eigenvalue weighted by Crippen LogP contribution is -2.46. The quantitative estimate of drug-likeness (QED) is 0.0322. The van der Waals surface area contributed by atoms with Crippen LogP contribution in [0.15, 0.2) is 72.9 Å². The average molecular weight is 866 g/mol. The second kappa shape index (κ2) is 49.3. The lowest BCUT2D eigenvalue weighted by Gasteiger charge is -2.23. The maximum absolute atomic E-state index is 13.2. The maximum Gasteiger partial charge on any atom is 0.306 e. The van der Waals surface area contributed by atoms with Crippen molar-refractivity contribution in [3.05, 3.63) is 72.9 Å². The molecule has 1 amide bonds. The number of hydrogen-bond acceptors (Lipinski definition) is 5. The van der Waals surface area contributed by atoms with E-state index >= 15 is 0 Å². The first-order chi connectivity index (χ1) is 30.5. The van der Waals surface area contributed by atoms with E-state index in [4.69, 9.17) is 4.74 Å². The number of ether oxygens (including phenoxy) is 1. The molecule has 0 aromatic heterocycles. The maximum atomic E-state index is 13.2. The minimum atomic E-state index is -0.820. The molecule has 3 unspecified atom stereocenters. The normalized spacial score (nSPS) is 13.8. The van der Waals surface area contributed by atoms with E-state index in [1.54, 1.807) is 6.08 Å². The fraction of sp³-hybridized carbons (Fsp3) is 0.750. The van der Waals surface area contributed by atoms with Crippen molar-refractivity contribution in [1.82, 2.24) is 5.32 Å². The summed E-state index contributed by atoms with van der Waals surface area (Å²) < 4.78 is 5.83. The van der Waals surface area contributed by atoms with Crippen LogP contribution in [0.3, 0.4) is 0 Å². The standard InChI is InChI=1S/C56H99NO5/c1-4-7-10-13-16-19-22-25-27-28-29-30-32-35-38-41-44-47-52(62-56(61)49-46-43-40-37-34-31-26-23-20-17-14-11-8-5-2)50-55(60)57-53(51-58)54(59)48-45-42-39-36-33-24-21-18-15-12-9-6-3/h7,10,16,19,25,27,29-30,35,38,44,47,52-54,58-59H,4-6,8-9,11-15,17-18,20-24,26,28,31-34,36-37,39-43,45-46,48-51H2,1-3H3,(H,57,60)/b10-7-,19-16-,27-25-,30-29-,38-35-,47-44-. The molecule has 6 nitrogen and oxygen atoms in total. The van der Waals surface area contributed by atoms with Gasteiger partial charge in [0.2, 0.25) is 5.91 Å². The third kappa shape index (κ3) is 43.9. The van der Waals surface area contributed by atoms with Crippen LogP contribution in [0, 0.1) is 0 Å². The number of allylic oxidation sites excluding steroid dienone is 11. The van der Waals surface area contributed by atoms with Crippen molar-refractivity contribution < 1.29 is 24.5 Å². The number of amides is 1. The smallest absolute Gasteiger partial charge is 0.306 e. The van der Waals surface area contributed by atoms with Crippen molar-refractivity contribution in [3.8, 4) is 0 Å². The lowest BCUT2D eigenvalue weighted by atomic mass is 10.0. The van der Waals surface area contributed by atoms with E-state index in [-0.39, 0.29) is 24.9 Å². The van der Waals surface area contributed by atoms with Gasteiger partial charge in [0.15, 0.2) is 0 Å². The fourth-order valence-corrected chi connectivity index (χ4v) is 7.60. The molecule has 0 saturated carbocycles. The zero-order valence-corrected chi connectivity index (χ0v) is 40.7. The Labute approximate surface area is 383 Å². The predicted octanol–water partition coefficient (Wildman–Crippen LogP) is 15.8. The van der Waals surface area contributed by atoms with Gasteiger partial charge in [0.25, 0.3) is 0 Å². The van der Waals surface area contributed by atoms with Gasteiger partial charge in [-0.05, 0) is 57.4 Å². The van der Waals surface area contributed by atoms with E-state index in [0.29, 0.717) is 19.3 Å². The van der Waals surface area contributed by atoms with E-state index in [0.717, 1.165) is 70.6 Å². The highest BCUT2D eigenvalue weighted by molar-refractivity contribution is 5.78. The molecule has 3 atom stereocenters. The highest BCUT2D eigenvalue weighted by atomic mass is 16.5. The number of rotatable bonds is 46. The van der Waals surface area contributed by atoms with Crippen molar-refractivity contribution in [1.29, 1.82) is 0 Å². The monoisotopic (exact) mass is 866 g/mol. The molecule has 0 aliphatic carbocycles. The molecular weight excluding hydrogens is 767 g/mol. The van der Waals surface area contributed by atoms with Gasteiger partial charge in [0.05, 0.1) is 25.2 Å². The molecule has 0 aliphatic heterocycles. The second-order valence-corrected chi connectivity index (χ2v) is 17.6. The van der Waals surface area contributed by atoms with Crippen molar-refractivity contribution in [2.45, 2.75) is 264 Å². The molecule has 0 spiro atoms.